The minimum atomic E-state index is 0.493. The van der Waals surface area contributed by atoms with E-state index in [0.29, 0.717) is 6.04 Å². The second kappa shape index (κ2) is 7.04. The van der Waals surface area contributed by atoms with Crippen LogP contribution in [0, 0.1) is 5.92 Å². The molecule has 4 nitrogen and oxygen atoms in total. The van der Waals surface area contributed by atoms with E-state index in [-0.39, 0.29) is 0 Å². The van der Waals surface area contributed by atoms with Crippen LogP contribution in [0.15, 0.2) is 18.3 Å². The molecule has 1 aromatic rings. The molecule has 0 aromatic carbocycles. The van der Waals surface area contributed by atoms with Crippen LogP contribution < -0.4 is 10.2 Å². The molecule has 0 spiro atoms. The summed E-state index contributed by atoms with van der Waals surface area (Å²) >= 11 is 0. The van der Waals surface area contributed by atoms with Crippen LogP contribution in [0.2, 0.25) is 0 Å². The number of likely N-dealkylation sites (tertiary alicyclic amines) is 1. The first-order chi connectivity index (χ1) is 9.54. The molecule has 1 aliphatic heterocycles. The number of hydrogen-bond acceptors (Lipinski definition) is 4. The molecular formula is C16H28N4. The zero-order chi connectivity index (χ0) is 14.5. The van der Waals surface area contributed by atoms with E-state index < -0.39 is 0 Å². The van der Waals surface area contributed by atoms with Crippen molar-refractivity contribution in [1.82, 2.24) is 15.2 Å². The van der Waals surface area contributed by atoms with Crippen molar-refractivity contribution in [2.24, 2.45) is 5.92 Å². The third kappa shape index (κ3) is 4.46. The van der Waals surface area contributed by atoms with Gasteiger partial charge in [0, 0.05) is 44.6 Å². The number of pyridine rings is 1. The van der Waals surface area contributed by atoms with Crippen LogP contribution in [0.4, 0.5) is 5.69 Å². The van der Waals surface area contributed by atoms with Crippen LogP contribution in [-0.2, 0) is 6.54 Å². The van der Waals surface area contributed by atoms with Gasteiger partial charge in [0.1, 0.15) is 0 Å². The Morgan fingerprint density at radius 3 is 2.95 bits per heavy atom. The molecule has 0 amide bonds. The standard InChI is InChI=1S/C16H28N4/c1-13(2)18-10-15-9-16(5-7-17-15)20(4)12-14-6-8-19(3)11-14/h5,7,9,13-14,18H,6,8,10-12H2,1-4H3. The maximum atomic E-state index is 4.44. The van der Waals surface area contributed by atoms with Gasteiger partial charge in [-0.1, -0.05) is 13.8 Å². The van der Waals surface area contributed by atoms with Crippen LogP contribution in [0.5, 0.6) is 0 Å². The lowest BCUT2D eigenvalue weighted by Gasteiger charge is -2.23. The van der Waals surface area contributed by atoms with E-state index in [1.807, 2.05) is 6.20 Å². The highest BCUT2D eigenvalue weighted by Crippen LogP contribution is 2.19. The van der Waals surface area contributed by atoms with Crippen LogP contribution in [-0.4, -0.2) is 49.7 Å². The van der Waals surface area contributed by atoms with Crippen molar-refractivity contribution in [2.45, 2.75) is 32.9 Å². The fraction of sp³-hybridized carbons (Fsp3) is 0.688. The lowest BCUT2D eigenvalue weighted by molar-refractivity contribution is 0.396. The SMILES string of the molecule is CC(C)NCc1cc(N(C)CC2CCN(C)C2)ccn1. The zero-order valence-electron chi connectivity index (χ0n) is 13.3. The largest absolute Gasteiger partial charge is 0.374 e. The summed E-state index contributed by atoms with van der Waals surface area (Å²) in [7, 11) is 4.40. The lowest BCUT2D eigenvalue weighted by atomic mass is 10.1. The fourth-order valence-electron chi connectivity index (χ4n) is 2.78. The zero-order valence-corrected chi connectivity index (χ0v) is 13.3. The summed E-state index contributed by atoms with van der Waals surface area (Å²) < 4.78 is 0. The molecule has 2 heterocycles. The number of rotatable bonds is 6. The number of nitrogens with zero attached hydrogens (tertiary/aromatic N) is 3. The van der Waals surface area contributed by atoms with Crippen molar-refractivity contribution < 1.29 is 0 Å². The van der Waals surface area contributed by atoms with Gasteiger partial charge >= 0.3 is 0 Å². The summed E-state index contributed by atoms with van der Waals surface area (Å²) in [6, 6.07) is 4.80. The lowest BCUT2D eigenvalue weighted by Crippen LogP contribution is -2.27. The van der Waals surface area contributed by atoms with E-state index in [1.165, 1.54) is 25.2 Å². The first kappa shape index (κ1) is 15.3. The van der Waals surface area contributed by atoms with Crippen LogP contribution in [0.1, 0.15) is 26.0 Å². The van der Waals surface area contributed by atoms with Gasteiger partial charge in [0.2, 0.25) is 0 Å². The van der Waals surface area contributed by atoms with Crippen molar-refractivity contribution in [1.29, 1.82) is 0 Å². The van der Waals surface area contributed by atoms with Crippen LogP contribution in [0.3, 0.4) is 0 Å². The molecule has 0 aliphatic carbocycles. The Hall–Kier alpha value is -1.13. The normalized spacial score (nSPS) is 19.8. The molecule has 0 radical (unpaired) electrons. The first-order valence-electron chi connectivity index (χ1n) is 7.62. The Kier molecular flexibility index (Phi) is 5.38. The van der Waals surface area contributed by atoms with E-state index in [0.717, 1.165) is 24.7 Å². The van der Waals surface area contributed by atoms with Gasteiger partial charge in [-0.25, -0.2) is 0 Å². The molecule has 1 saturated heterocycles. The number of hydrogen-bond donors (Lipinski definition) is 1. The minimum absolute atomic E-state index is 0.493. The molecule has 1 aliphatic rings. The van der Waals surface area contributed by atoms with Crippen LogP contribution >= 0.6 is 0 Å². The maximum Gasteiger partial charge on any atom is 0.0562 e. The summed E-state index contributed by atoms with van der Waals surface area (Å²) in [5.41, 5.74) is 2.39. The highest BCUT2D eigenvalue weighted by Gasteiger charge is 2.20. The smallest absolute Gasteiger partial charge is 0.0562 e. The summed E-state index contributed by atoms with van der Waals surface area (Å²) in [6.07, 6.45) is 3.23. The molecule has 112 valence electrons. The van der Waals surface area contributed by atoms with Gasteiger partial charge in [-0.15, -0.1) is 0 Å². The monoisotopic (exact) mass is 276 g/mol. The van der Waals surface area contributed by atoms with E-state index in [4.69, 9.17) is 0 Å². The quantitative estimate of drug-likeness (QED) is 0.861. The van der Waals surface area contributed by atoms with Gasteiger partial charge in [-0.2, -0.15) is 0 Å². The summed E-state index contributed by atoms with van der Waals surface area (Å²) in [6.45, 7) is 8.74. The predicted octanol–water partition coefficient (Wildman–Crippen LogP) is 1.97. The van der Waals surface area contributed by atoms with Crippen molar-refractivity contribution in [3.63, 3.8) is 0 Å². The molecule has 1 atom stereocenters. The Morgan fingerprint density at radius 2 is 2.30 bits per heavy atom. The van der Waals surface area contributed by atoms with Gasteiger partial charge in [0.05, 0.1) is 5.69 Å². The summed E-state index contributed by atoms with van der Waals surface area (Å²) in [5.74, 6) is 0.787. The van der Waals surface area contributed by atoms with Crippen LogP contribution in [0.25, 0.3) is 0 Å². The van der Waals surface area contributed by atoms with Gasteiger partial charge < -0.3 is 15.1 Å². The van der Waals surface area contributed by atoms with Crippen molar-refractivity contribution >= 4 is 5.69 Å². The Bertz CT molecular complexity index is 419. The van der Waals surface area contributed by atoms with Gasteiger partial charge in [0.25, 0.3) is 0 Å². The summed E-state index contributed by atoms with van der Waals surface area (Å²) in [4.78, 5) is 9.23. The second-order valence-electron chi connectivity index (χ2n) is 6.34. The van der Waals surface area contributed by atoms with Crippen molar-refractivity contribution in [2.75, 3.05) is 38.6 Å². The predicted molar refractivity (Wildman–Crippen MR) is 85.1 cm³/mol. The molecule has 1 aromatic heterocycles. The van der Waals surface area contributed by atoms with E-state index >= 15 is 0 Å². The summed E-state index contributed by atoms with van der Waals surface area (Å²) in [5, 5.41) is 3.42. The van der Waals surface area contributed by atoms with E-state index in [2.05, 4.69) is 60.2 Å². The Labute approximate surface area is 123 Å². The number of anilines is 1. The second-order valence-corrected chi connectivity index (χ2v) is 6.34. The highest BCUT2D eigenvalue weighted by molar-refractivity contribution is 5.45. The average Bonchev–Trinajstić information content (AvgIpc) is 2.82. The van der Waals surface area contributed by atoms with Gasteiger partial charge in [-0.3, -0.25) is 4.98 Å². The first-order valence-corrected chi connectivity index (χ1v) is 7.62. The third-order valence-corrected chi connectivity index (χ3v) is 3.95. The molecule has 1 N–H and O–H groups in total. The topological polar surface area (TPSA) is 31.4 Å². The van der Waals surface area contributed by atoms with E-state index in [9.17, 15) is 0 Å². The number of nitrogens with one attached hydrogen (secondary N) is 1. The molecule has 1 unspecified atom stereocenters. The Morgan fingerprint density at radius 1 is 1.50 bits per heavy atom. The molecular weight excluding hydrogens is 248 g/mol. The number of aromatic nitrogens is 1. The Balaban J connectivity index is 1.92. The fourth-order valence-corrected chi connectivity index (χ4v) is 2.78. The molecule has 2 rings (SSSR count). The molecule has 0 bridgehead atoms. The maximum absolute atomic E-state index is 4.44. The average molecular weight is 276 g/mol. The molecule has 20 heavy (non-hydrogen) atoms. The van der Waals surface area contributed by atoms with Crippen molar-refractivity contribution in [3.05, 3.63) is 24.0 Å². The van der Waals surface area contributed by atoms with Gasteiger partial charge in [-0.05, 0) is 38.1 Å². The van der Waals surface area contributed by atoms with Crippen molar-refractivity contribution in [3.8, 4) is 0 Å². The molecule has 1 fully saturated rings. The molecule has 0 saturated carbocycles. The third-order valence-electron chi connectivity index (χ3n) is 3.95. The minimum Gasteiger partial charge on any atom is -0.374 e. The highest BCUT2D eigenvalue weighted by atomic mass is 15.2. The van der Waals surface area contributed by atoms with E-state index in [1.54, 1.807) is 0 Å². The van der Waals surface area contributed by atoms with Gasteiger partial charge in [0.15, 0.2) is 0 Å². The molecule has 4 heteroatoms.